The maximum Gasteiger partial charge on any atom is 0.353 e. The highest BCUT2D eigenvalue weighted by atomic mass is 16.6. The summed E-state index contributed by atoms with van der Waals surface area (Å²) in [5, 5.41) is 17.3. The summed E-state index contributed by atoms with van der Waals surface area (Å²) in [6, 6.07) is 0. The van der Waals surface area contributed by atoms with Gasteiger partial charge in [0, 0.05) is 13.1 Å². The van der Waals surface area contributed by atoms with Crippen molar-refractivity contribution in [3.63, 3.8) is 0 Å². The van der Waals surface area contributed by atoms with Crippen LogP contribution >= 0.6 is 0 Å². The van der Waals surface area contributed by atoms with Gasteiger partial charge in [0.25, 0.3) is 0 Å². The maximum absolute atomic E-state index is 11.2. The summed E-state index contributed by atoms with van der Waals surface area (Å²) in [5.41, 5.74) is 0.205. The highest BCUT2D eigenvalue weighted by Crippen LogP contribution is 2.44. The zero-order valence-electron chi connectivity index (χ0n) is 12.0. The number of aromatic nitrogens is 2. The number of hydrogen-bond acceptors (Lipinski definition) is 6. The van der Waals surface area contributed by atoms with Gasteiger partial charge in [-0.25, -0.2) is 9.97 Å². The fraction of sp³-hybridized carbons (Fsp3) is 0.692. The van der Waals surface area contributed by atoms with Crippen LogP contribution in [0, 0.1) is 15.5 Å². The molecule has 1 saturated carbocycles. The molecule has 0 aliphatic heterocycles. The molecule has 0 aromatic carbocycles. The standard InChI is InChI=1S/C13H21N5O2/c1-3-13(6-5-7-13)8-15-12-10(18(19)20)11(14-4-2)16-9-17-12/h9H,3-8H2,1-2H3,(H2,14,15,16,17). The third kappa shape index (κ3) is 2.81. The summed E-state index contributed by atoms with van der Waals surface area (Å²) in [7, 11) is 0. The lowest BCUT2D eigenvalue weighted by Crippen LogP contribution is -2.36. The SMILES string of the molecule is CCNc1ncnc(NCC2(CC)CCC2)c1[N+](=O)[O-]. The first-order chi connectivity index (χ1) is 9.62. The Labute approximate surface area is 118 Å². The zero-order valence-corrected chi connectivity index (χ0v) is 12.0. The second kappa shape index (κ2) is 6.02. The Morgan fingerprint density at radius 2 is 1.95 bits per heavy atom. The van der Waals surface area contributed by atoms with Crippen LogP contribution in [0.15, 0.2) is 6.33 Å². The molecule has 1 aliphatic rings. The quantitative estimate of drug-likeness (QED) is 0.589. The second-order valence-corrected chi connectivity index (χ2v) is 5.27. The first-order valence-corrected chi connectivity index (χ1v) is 7.09. The molecule has 0 bridgehead atoms. The highest BCUT2D eigenvalue weighted by molar-refractivity contribution is 5.69. The van der Waals surface area contributed by atoms with E-state index >= 15 is 0 Å². The molecule has 7 nitrogen and oxygen atoms in total. The molecule has 1 heterocycles. The van der Waals surface area contributed by atoms with E-state index in [0.717, 1.165) is 13.0 Å². The summed E-state index contributed by atoms with van der Waals surface area (Å²) in [5.74, 6) is 0.579. The molecule has 2 N–H and O–H groups in total. The number of rotatable bonds is 7. The van der Waals surface area contributed by atoms with Gasteiger partial charge in [0.05, 0.1) is 4.92 Å². The fourth-order valence-corrected chi connectivity index (χ4v) is 2.58. The van der Waals surface area contributed by atoms with E-state index in [9.17, 15) is 10.1 Å². The van der Waals surface area contributed by atoms with Crippen molar-refractivity contribution >= 4 is 17.3 Å². The highest BCUT2D eigenvalue weighted by Gasteiger charge is 2.35. The Bertz CT molecular complexity index is 482. The molecule has 1 aliphatic carbocycles. The first-order valence-electron chi connectivity index (χ1n) is 7.09. The fourth-order valence-electron chi connectivity index (χ4n) is 2.58. The van der Waals surface area contributed by atoms with Crippen LogP contribution < -0.4 is 10.6 Å². The average molecular weight is 279 g/mol. The van der Waals surface area contributed by atoms with Crippen molar-refractivity contribution in [2.24, 2.45) is 5.41 Å². The van der Waals surface area contributed by atoms with E-state index in [2.05, 4.69) is 27.5 Å². The summed E-state index contributed by atoms with van der Waals surface area (Å²) >= 11 is 0. The molecule has 1 fully saturated rings. The van der Waals surface area contributed by atoms with Crippen LogP contribution in [0.2, 0.25) is 0 Å². The maximum atomic E-state index is 11.2. The van der Waals surface area contributed by atoms with Crippen LogP contribution in [-0.4, -0.2) is 28.0 Å². The van der Waals surface area contributed by atoms with Crippen LogP contribution in [0.3, 0.4) is 0 Å². The lowest BCUT2D eigenvalue weighted by atomic mass is 9.67. The van der Waals surface area contributed by atoms with E-state index in [-0.39, 0.29) is 16.9 Å². The van der Waals surface area contributed by atoms with Gasteiger partial charge in [0.2, 0.25) is 11.6 Å². The minimum absolute atomic E-state index is 0.0695. The van der Waals surface area contributed by atoms with Crippen molar-refractivity contribution in [3.8, 4) is 0 Å². The number of hydrogen-bond donors (Lipinski definition) is 2. The lowest BCUT2D eigenvalue weighted by molar-refractivity contribution is -0.383. The zero-order chi connectivity index (χ0) is 14.6. The monoisotopic (exact) mass is 279 g/mol. The van der Waals surface area contributed by atoms with Crippen LogP contribution in [0.5, 0.6) is 0 Å². The average Bonchev–Trinajstić information content (AvgIpc) is 2.38. The Balaban J connectivity index is 2.18. The van der Waals surface area contributed by atoms with Crippen molar-refractivity contribution in [2.75, 3.05) is 23.7 Å². The van der Waals surface area contributed by atoms with E-state index in [1.165, 1.54) is 25.6 Å². The van der Waals surface area contributed by atoms with Gasteiger partial charge in [-0.2, -0.15) is 0 Å². The summed E-state index contributed by atoms with van der Waals surface area (Å²) in [6.07, 6.45) is 6.03. The molecule has 110 valence electrons. The Kier molecular flexibility index (Phi) is 4.36. The molecule has 0 unspecified atom stereocenters. The van der Waals surface area contributed by atoms with Crippen molar-refractivity contribution in [3.05, 3.63) is 16.4 Å². The van der Waals surface area contributed by atoms with Gasteiger partial charge in [0.1, 0.15) is 6.33 Å². The van der Waals surface area contributed by atoms with Gasteiger partial charge in [-0.05, 0) is 31.6 Å². The summed E-state index contributed by atoms with van der Waals surface area (Å²) in [6.45, 7) is 5.35. The molecule has 0 saturated heterocycles. The Morgan fingerprint density at radius 1 is 1.30 bits per heavy atom. The molecule has 0 atom stereocenters. The second-order valence-electron chi connectivity index (χ2n) is 5.27. The van der Waals surface area contributed by atoms with Gasteiger partial charge in [-0.15, -0.1) is 0 Å². The minimum atomic E-state index is -0.431. The lowest BCUT2D eigenvalue weighted by Gasteiger charge is -2.41. The number of nitrogens with zero attached hydrogens (tertiary/aromatic N) is 3. The summed E-state index contributed by atoms with van der Waals surface area (Å²) < 4.78 is 0. The normalized spacial score (nSPS) is 16.3. The third-order valence-electron chi connectivity index (χ3n) is 4.14. The number of nitrogens with one attached hydrogen (secondary N) is 2. The predicted octanol–water partition coefficient (Wildman–Crippen LogP) is 2.81. The van der Waals surface area contributed by atoms with Crippen molar-refractivity contribution in [2.45, 2.75) is 39.5 Å². The molecular weight excluding hydrogens is 258 g/mol. The van der Waals surface area contributed by atoms with Gasteiger partial charge in [-0.1, -0.05) is 13.3 Å². The molecule has 2 rings (SSSR count). The van der Waals surface area contributed by atoms with Gasteiger partial charge in [-0.3, -0.25) is 10.1 Å². The van der Waals surface area contributed by atoms with Crippen LogP contribution in [0.4, 0.5) is 17.3 Å². The van der Waals surface area contributed by atoms with Crippen LogP contribution in [0.25, 0.3) is 0 Å². The molecule has 0 spiro atoms. The van der Waals surface area contributed by atoms with E-state index < -0.39 is 4.92 Å². The van der Waals surface area contributed by atoms with E-state index in [0.29, 0.717) is 12.4 Å². The van der Waals surface area contributed by atoms with E-state index in [1.54, 1.807) is 0 Å². The van der Waals surface area contributed by atoms with Crippen molar-refractivity contribution in [1.29, 1.82) is 0 Å². The third-order valence-corrected chi connectivity index (χ3v) is 4.14. The number of nitro groups is 1. The predicted molar refractivity (Wildman–Crippen MR) is 77.9 cm³/mol. The molecule has 1 aromatic rings. The minimum Gasteiger partial charge on any atom is -0.364 e. The molecule has 7 heteroatoms. The molecule has 0 amide bonds. The van der Waals surface area contributed by atoms with E-state index in [1.807, 2.05) is 6.92 Å². The van der Waals surface area contributed by atoms with Gasteiger partial charge in [0.15, 0.2) is 0 Å². The largest absolute Gasteiger partial charge is 0.364 e. The smallest absolute Gasteiger partial charge is 0.353 e. The topological polar surface area (TPSA) is 93.0 Å². The molecule has 1 aromatic heterocycles. The van der Waals surface area contributed by atoms with Gasteiger partial charge >= 0.3 is 5.69 Å². The van der Waals surface area contributed by atoms with Crippen molar-refractivity contribution < 1.29 is 4.92 Å². The summed E-state index contributed by atoms with van der Waals surface area (Å²) in [4.78, 5) is 18.8. The molecule has 0 radical (unpaired) electrons. The van der Waals surface area contributed by atoms with Crippen molar-refractivity contribution in [1.82, 2.24) is 9.97 Å². The molecular formula is C13H21N5O2. The first kappa shape index (κ1) is 14.5. The number of anilines is 2. The Morgan fingerprint density at radius 3 is 2.40 bits per heavy atom. The molecule has 20 heavy (non-hydrogen) atoms. The van der Waals surface area contributed by atoms with Crippen LogP contribution in [0.1, 0.15) is 39.5 Å². The van der Waals surface area contributed by atoms with Gasteiger partial charge < -0.3 is 10.6 Å². The van der Waals surface area contributed by atoms with E-state index in [4.69, 9.17) is 0 Å². The van der Waals surface area contributed by atoms with Crippen LogP contribution in [-0.2, 0) is 0 Å². The Hall–Kier alpha value is -1.92.